The fraction of sp³-hybridized carbons (Fsp3) is 0.150. The molecule has 3 rings (SSSR count). The topological polar surface area (TPSA) is 17.1 Å². The number of aryl methyl sites for hydroxylation is 2. The lowest BCUT2D eigenvalue weighted by molar-refractivity contribution is 0.103. The first kappa shape index (κ1) is 13.6. The Labute approximate surface area is 125 Å². The lowest BCUT2D eigenvalue weighted by Gasteiger charge is -2.12. The van der Waals surface area contributed by atoms with E-state index in [4.69, 9.17) is 0 Å². The van der Waals surface area contributed by atoms with Crippen LogP contribution in [-0.4, -0.2) is 5.78 Å². The Kier molecular flexibility index (Phi) is 3.34. The van der Waals surface area contributed by atoms with E-state index in [1.807, 2.05) is 63.2 Å². The number of ketones is 1. The molecule has 3 aromatic carbocycles. The molecular weight excluding hydrogens is 256 g/mol. The minimum atomic E-state index is 0.116. The van der Waals surface area contributed by atoms with Gasteiger partial charge in [-0.3, -0.25) is 4.79 Å². The first-order valence-corrected chi connectivity index (χ1v) is 7.19. The van der Waals surface area contributed by atoms with E-state index < -0.39 is 0 Å². The zero-order valence-electron chi connectivity index (χ0n) is 12.6. The number of rotatable bonds is 2. The molecule has 0 unspecified atom stereocenters. The van der Waals surface area contributed by atoms with Gasteiger partial charge in [0, 0.05) is 11.1 Å². The number of carbonyl (C=O) groups is 1. The molecule has 0 spiro atoms. The zero-order chi connectivity index (χ0) is 15.0. The van der Waals surface area contributed by atoms with E-state index in [0.29, 0.717) is 0 Å². The van der Waals surface area contributed by atoms with E-state index in [2.05, 4.69) is 12.1 Å². The lowest BCUT2D eigenvalue weighted by atomic mass is 9.90. The third-order valence-electron chi connectivity index (χ3n) is 4.21. The lowest BCUT2D eigenvalue weighted by Crippen LogP contribution is -2.07. The van der Waals surface area contributed by atoms with Crippen LogP contribution in [0.2, 0.25) is 0 Å². The van der Waals surface area contributed by atoms with E-state index in [-0.39, 0.29) is 5.78 Å². The molecule has 0 saturated carbocycles. The van der Waals surface area contributed by atoms with Gasteiger partial charge < -0.3 is 0 Å². The van der Waals surface area contributed by atoms with Crippen LogP contribution in [-0.2, 0) is 0 Å². The van der Waals surface area contributed by atoms with Crippen LogP contribution < -0.4 is 0 Å². The van der Waals surface area contributed by atoms with Gasteiger partial charge in [-0.25, -0.2) is 0 Å². The highest BCUT2D eigenvalue weighted by Gasteiger charge is 2.17. The Hall–Kier alpha value is -2.41. The van der Waals surface area contributed by atoms with Crippen LogP contribution in [0.3, 0.4) is 0 Å². The van der Waals surface area contributed by atoms with Crippen LogP contribution in [0.15, 0.2) is 54.6 Å². The molecule has 3 aromatic rings. The molecule has 0 heterocycles. The molecule has 1 nitrogen and oxygen atoms in total. The van der Waals surface area contributed by atoms with Gasteiger partial charge in [-0.15, -0.1) is 0 Å². The smallest absolute Gasteiger partial charge is 0.194 e. The van der Waals surface area contributed by atoms with Crippen molar-refractivity contribution >= 4 is 16.6 Å². The quantitative estimate of drug-likeness (QED) is 0.601. The van der Waals surface area contributed by atoms with E-state index in [1.165, 1.54) is 0 Å². The van der Waals surface area contributed by atoms with Crippen molar-refractivity contribution in [3.8, 4) is 0 Å². The second kappa shape index (κ2) is 5.17. The first-order valence-electron chi connectivity index (χ1n) is 7.19. The van der Waals surface area contributed by atoms with Crippen molar-refractivity contribution in [1.82, 2.24) is 0 Å². The predicted octanol–water partition coefficient (Wildman–Crippen LogP) is 5.00. The van der Waals surface area contributed by atoms with E-state index in [9.17, 15) is 4.79 Å². The molecular formula is C20H18O. The van der Waals surface area contributed by atoms with Crippen molar-refractivity contribution in [1.29, 1.82) is 0 Å². The minimum Gasteiger partial charge on any atom is -0.289 e. The van der Waals surface area contributed by atoms with Crippen LogP contribution in [0.1, 0.15) is 32.6 Å². The molecule has 0 N–H and O–H groups in total. The summed E-state index contributed by atoms with van der Waals surface area (Å²) in [5.74, 6) is 0.116. The molecule has 0 aliphatic carbocycles. The predicted molar refractivity (Wildman–Crippen MR) is 88.0 cm³/mol. The van der Waals surface area contributed by atoms with Gasteiger partial charge in [0.1, 0.15) is 0 Å². The van der Waals surface area contributed by atoms with Crippen molar-refractivity contribution in [3.05, 3.63) is 82.4 Å². The number of fused-ring (bicyclic) bond motifs is 1. The summed E-state index contributed by atoms with van der Waals surface area (Å²) in [6.45, 7) is 6.07. The Morgan fingerprint density at radius 1 is 0.762 bits per heavy atom. The molecule has 0 aromatic heterocycles. The molecule has 0 fully saturated rings. The number of carbonyl (C=O) groups excluding carboxylic acids is 1. The van der Waals surface area contributed by atoms with E-state index in [0.717, 1.165) is 38.6 Å². The van der Waals surface area contributed by atoms with Gasteiger partial charge in [-0.2, -0.15) is 0 Å². The Bertz CT molecular complexity index is 844. The maximum Gasteiger partial charge on any atom is 0.194 e. The van der Waals surface area contributed by atoms with Gasteiger partial charge >= 0.3 is 0 Å². The van der Waals surface area contributed by atoms with Gasteiger partial charge in [-0.1, -0.05) is 54.6 Å². The Morgan fingerprint density at radius 3 is 2.33 bits per heavy atom. The summed E-state index contributed by atoms with van der Waals surface area (Å²) in [4.78, 5) is 13.1. The fourth-order valence-electron chi connectivity index (χ4n) is 2.81. The van der Waals surface area contributed by atoms with Crippen molar-refractivity contribution in [2.75, 3.05) is 0 Å². The summed E-state index contributed by atoms with van der Waals surface area (Å²) in [7, 11) is 0. The number of benzene rings is 3. The normalized spacial score (nSPS) is 10.8. The summed E-state index contributed by atoms with van der Waals surface area (Å²) in [6.07, 6.45) is 0. The van der Waals surface area contributed by atoms with Crippen LogP contribution in [0.4, 0.5) is 0 Å². The third kappa shape index (κ3) is 2.25. The van der Waals surface area contributed by atoms with Gasteiger partial charge in [0.2, 0.25) is 0 Å². The van der Waals surface area contributed by atoms with Crippen LogP contribution in [0.25, 0.3) is 10.8 Å². The summed E-state index contributed by atoms with van der Waals surface area (Å²) in [5.41, 5.74) is 4.87. The number of hydrogen-bond acceptors (Lipinski definition) is 1. The van der Waals surface area contributed by atoms with Crippen LogP contribution in [0, 0.1) is 20.8 Å². The monoisotopic (exact) mass is 274 g/mol. The highest BCUT2D eigenvalue weighted by atomic mass is 16.1. The number of hydrogen-bond donors (Lipinski definition) is 0. The SMILES string of the molecule is Cc1cccc(C(=O)c2c(C)ccc3ccccc23)c1C. The second-order valence-corrected chi connectivity index (χ2v) is 5.56. The summed E-state index contributed by atoms with van der Waals surface area (Å²) < 4.78 is 0. The minimum absolute atomic E-state index is 0.116. The molecule has 0 aliphatic heterocycles. The largest absolute Gasteiger partial charge is 0.289 e. The average Bonchev–Trinajstić information content (AvgIpc) is 2.49. The van der Waals surface area contributed by atoms with Crippen molar-refractivity contribution in [2.45, 2.75) is 20.8 Å². The molecule has 0 bridgehead atoms. The highest BCUT2D eigenvalue weighted by molar-refractivity contribution is 6.18. The Balaban J connectivity index is 2.27. The van der Waals surface area contributed by atoms with Gasteiger partial charge in [0.25, 0.3) is 0 Å². The molecule has 0 atom stereocenters. The summed E-state index contributed by atoms with van der Waals surface area (Å²) in [6, 6.07) is 18.1. The highest BCUT2D eigenvalue weighted by Crippen LogP contribution is 2.26. The first-order chi connectivity index (χ1) is 10.1. The molecule has 0 saturated heterocycles. The standard InChI is InChI=1S/C20H18O/c1-13-7-6-10-17(15(13)3)20(21)19-14(2)11-12-16-8-4-5-9-18(16)19/h4-12H,1-3H3. The molecule has 104 valence electrons. The van der Waals surface area contributed by atoms with E-state index >= 15 is 0 Å². The van der Waals surface area contributed by atoms with Crippen LogP contribution in [0.5, 0.6) is 0 Å². The average molecular weight is 274 g/mol. The molecule has 1 heteroatoms. The maximum atomic E-state index is 13.1. The third-order valence-corrected chi connectivity index (χ3v) is 4.21. The summed E-state index contributed by atoms with van der Waals surface area (Å²) in [5, 5.41) is 2.14. The molecule has 0 aliphatic rings. The van der Waals surface area contributed by atoms with Crippen LogP contribution >= 0.6 is 0 Å². The maximum absolute atomic E-state index is 13.1. The van der Waals surface area contributed by atoms with Gasteiger partial charge in [-0.05, 0) is 48.2 Å². The van der Waals surface area contributed by atoms with Crippen molar-refractivity contribution in [3.63, 3.8) is 0 Å². The van der Waals surface area contributed by atoms with E-state index in [1.54, 1.807) is 0 Å². The van der Waals surface area contributed by atoms with Gasteiger partial charge in [0.05, 0.1) is 0 Å². The van der Waals surface area contributed by atoms with Crippen molar-refractivity contribution in [2.24, 2.45) is 0 Å². The Morgan fingerprint density at radius 2 is 1.52 bits per heavy atom. The zero-order valence-corrected chi connectivity index (χ0v) is 12.6. The van der Waals surface area contributed by atoms with Gasteiger partial charge in [0.15, 0.2) is 5.78 Å². The summed E-state index contributed by atoms with van der Waals surface area (Å²) >= 11 is 0. The molecule has 0 amide bonds. The fourth-order valence-corrected chi connectivity index (χ4v) is 2.81. The van der Waals surface area contributed by atoms with Crippen molar-refractivity contribution < 1.29 is 4.79 Å². The molecule has 21 heavy (non-hydrogen) atoms. The molecule has 0 radical (unpaired) electrons. The second-order valence-electron chi connectivity index (χ2n) is 5.56.